The molecule has 1 aliphatic rings. The fraction of sp³-hybridized carbons (Fsp3) is 1.00. The molecule has 0 bridgehead atoms. The summed E-state index contributed by atoms with van der Waals surface area (Å²) in [5.41, 5.74) is 0. The molecule has 0 saturated heterocycles. The van der Waals surface area contributed by atoms with Gasteiger partial charge in [0.2, 0.25) is 0 Å². The van der Waals surface area contributed by atoms with Gasteiger partial charge < -0.3 is 5.11 Å². The van der Waals surface area contributed by atoms with Crippen molar-refractivity contribution in [2.24, 2.45) is 11.8 Å². The molecule has 0 aromatic rings. The van der Waals surface area contributed by atoms with Crippen LogP contribution in [0.4, 0.5) is 0 Å². The first kappa shape index (κ1) is 10.0. The van der Waals surface area contributed by atoms with E-state index in [1.54, 1.807) is 0 Å². The number of hydrogen-bond donors (Lipinski definition) is 1. The Morgan fingerprint density at radius 3 is 1.92 bits per heavy atom. The molecule has 1 fully saturated rings. The van der Waals surface area contributed by atoms with Crippen LogP contribution in [-0.4, -0.2) is 11.2 Å². The normalized spacial score (nSPS) is 26.2. The Kier molecular flexibility index (Phi) is 4.07. The zero-order valence-electron chi connectivity index (χ0n) is 8.42. The third-order valence-corrected chi connectivity index (χ3v) is 3.40. The van der Waals surface area contributed by atoms with Crippen molar-refractivity contribution in [3.05, 3.63) is 0 Å². The van der Waals surface area contributed by atoms with E-state index in [9.17, 15) is 5.11 Å². The van der Waals surface area contributed by atoms with Crippen LogP contribution in [0.5, 0.6) is 0 Å². The lowest BCUT2D eigenvalue weighted by molar-refractivity contribution is 0.0925. The molecule has 1 N–H and O–H groups in total. The van der Waals surface area contributed by atoms with Crippen molar-refractivity contribution in [3.63, 3.8) is 0 Å². The summed E-state index contributed by atoms with van der Waals surface area (Å²) < 4.78 is 0. The lowest BCUT2D eigenvalue weighted by Gasteiger charge is -2.24. The van der Waals surface area contributed by atoms with Gasteiger partial charge >= 0.3 is 0 Å². The summed E-state index contributed by atoms with van der Waals surface area (Å²) in [4.78, 5) is 0. The molecule has 0 radical (unpaired) electrons. The monoisotopic (exact) mass is 170 g/mol. The van der Waals surface area contributed by atoms with Crippen LogP contribution in [0.2, 0.25) is 0 Å². The minimum atomic E-state index is -0.118. The molecule has 1 saturated carbocycles. The number of aliphatic hydroxyl groups is 1. The molecule has 1 rings (SSSR count). The molecule has 1 heteroatoms. The van der Waals surface area contributed by atoms with Crippen molar-refractivity contribution in [2.75, 3.05) is 0 Å². The second-order valence-corrected chi connectivity index (χ2v) is 4.35. The first-order valence-electron chi connectivity index (χ1n) is 5.40. The molecular formula is C11H22O. The van der Waals surface area contributed by atoms with Crippen molar-refractivity contribution in [1.82, 2.24) is 0 Å². The minimum Gasteiger partial charge on any atom is -0.393 e. The molecule has 1 aliphatic carbocycles. The van der Waals surface area contributed by atoms with Gasteiger partial charge in [-0.05, 0) is 18.8 Å². The predicted molar refractivity (Wildman–Crippen MR) is 52.0 cm³/mol. The number of rotatable bonds is 2. The average Bonchev–Trinajstić information content (AvgIpc) is 2.30. The van der Waals surface area contributed by atoms with Crippen molar-refractivity contribution >= 4 is 0 Å². The van der Waals surface area contributed by atoms with E-state index >= 15 is 0 Å². The lowest BCUT2D eigenvalue weighted by Crippen LogP contribution is -2.22. The van der Waals surface area contributed by atoms with Crippen molar-refractivity contribution in [3.8, 4) is 0 Å². The third-order valence-electron chi connectivity index (χ3n) is 3.40. The van der Waals surface area contributed by atoms with Crippen LogP contribution >= 0.6 is 0 Å². The summed E-state index contributed by atoms with van der Waals surface area (Å²) in [6.07, 6.45) is 8.13. The van der Waals surface area contributed by atoms with Crippen LogP contribution in [-0.2, 0) is 0 Å². The Morgan fingerprint density at radius 2 is 1.50 bits per heavy atom. The first-order chi connectivity index (χ1) is 5.72. The molecule has 0 aromatic heterocycles. The molecule has 0 aromatic carbocycles. The topological polar surface area (TPSA) is 20.2 Å². The molecule has 0 aliphatic heterocycles. The number of hydrogen-bond acceptors (Lipinski definition) is 1. The summed E-state index contributed by atoms with van der Waals surface area (Å²) in [6.45, 7) is 4.12. The smallest absolute Gasteiger partial charge is 0.0540 e. The van der Waals surface area contributed by atoms with E-state index in [0.717, 1.165) is 5.92 Å². The molecular weight excluding hydrogens is 148 g/mol. The van der Waals surface area contributed by atoms with Gasteiger partial charge in [0.25, 0.3) is 0 Å². The van der Waals surface area contributed by atoms with Crippen LogP contribution in [0.1, 0.15) is 52.4 Å². The standard InChI is InChI=1S/C11H22O/c1-9(10(2)12)11-7-5-3-4-6-8-11/h9-12H,3-8H2,1-2H3. The molecule has 0 amide bonds. The molecule has 12 heavy (non-hydrogen) atoms. The Hall–Kier alpha value is -0.0400. The molecule has 2 unspecified atom stereocenters. The summed E-state index contributed by atoms with van der Waals surface area (Å²) in [5.74, 6) is 1.29. The second kappa shape index (κ2) is 4.86. The SMILES string of the molecule is CC(O)C(C)C1CCCCCC1. The Morgan fingerprint density at radius 1 is 1.00 bits per heavy atom. The summed E-state index contributed by atoms with van der Waals surface area (Å²) in [7, 11) is 0. The van der Waals surface area contributed by atoms with E-state index in [1.807, 2.05) is 6.92 Å². The largest absolute Gasteiger partial charge is 0.393 e. The van der Waals surface area contributed by atoms with Crippen LogP contribution < -0.4 is 0 Å². The van der Waals surface area contributed by atoms with E-state index in [4.69, 9.17) is 0 Å². The second-order valence-electron chi connectivity index (χ2n) is 4.35. The Balaban J connectivity index is 2.37. The van der Waals surface area contributed by atoms with Gasteiger partial charge in [0, 0.05) is 0 Å². The van der Waals surface area contributed by atoms with Gasteiger partial charge in [-0.25, -0.2) is 0 Å². The zero-order chi connectivity index (χ0) is 8.97. The maximum Gasteiger partial charge on any atom is 0.0540 e. The Labute approximate surface area is 76.2 Å². The van der Waals surface area contributed by atoms with E-state index in [2.05, 4.69) is 6.92 Å². The van der Waals surface area contributed by atoms with Crippen LogP contribution in [0.3, 0.4) is 0 Å². The van der Waals surface area contributed by atoms with E-state index in [0.29, 0.717) is 5.92 Å². The lowest BCUT2D eigenvalue weighted by atomic mass is 9.84. The zero-order valence-corrected chi connectivity index (χ0v) is 8.42. The highest BCUT2D eigenvalue weighted by Crippen LogP contribution is 2.30. The van der Waals surface area contributed by atoms with E-state index < -0.39 is 0 Å². The molecule has 0 heterocycles. The average molecular weight is 170 g/mol. The number of aliphatic hydroxyl groups excluding tert-OH is 1. The van der Waals surface area contributed by atoms with Gasteiger partial charge in [-0.2, -0.15) is 0 Å². The maximum absolute atomic E-state index is 9.46. The van der Waals surface area contributed by atoms with Crippen LogP contribution in [0, 0.1) is 11.8 Å². The molecule has 72 valence electrons. The fourth-order valence-corrected chi connectivity index (χ4v) is 2.23. The maximum atomic E-state index is 9.46. The molecule has 1 nitrogen and oxygen atoms in total. The van der Waals surface area contributed by atoms with Crippen LogP contribution in [0.15, 0.2) is 0 Å². The van der Waals surface area contributed by atoms with Gasteiger partial charge in [-0.1, -0.05) is 45.4 Å². The van der Waals surface area contributed by atoms with E-state index in [1.165, 1.54) is 38.5 Å². The van der Waals surface area contributed by atoms with Gasteiger partial charge in [0.05, 0.1) is 6.10 Å². The quantitative estimate of drug-likeness (QED) is 0.632. The highest BCUT2D eigenvalue weighted by atomic mass is 16.3. The predicted octanol–water partition coefficient (Wildman–Crippen LogP) is 2.97. The molecule has 0 spiro atoms. The van der Waals surface area contributed by atoms with E-state index in [-0.39, 0.29) is 6.10 Å². The Bertz CT molecular complexity index is 112. The third kappa shape index (κ3) is 2.78. The fourth-order valence-electron chi connectivity index (χ4n) is 2.23. The van der Waals surface area contributed by atoms with Crippen molar-refractivity contribution in [1.29, 1.82) is 0 Å². The minimum absolute atomic E-state index is 0.118. The highest BCUT2D eigenvalue weighted by Gasteiger charge is 2.21. The summed E-state index contributed by atoms with van der Waals surface area (Å²) >= 11 is 0. The van der Waals surface area contributed by atoms with Crippen LogP contribution in [0.25, 0.3) is 0 Å². The molecule has 2 atom stereocenters. The van der Waals surface area contributed by atoms with Gasteiger partial charge in [-0.3, -0.25) is 0 Å². The first-order valence-corrected chi connectivity index (χ1v) is 5.40. The van der Waals surface area contributed by atoms with Crippen molar-refractivity contribution in [2.45, 2.75) is 58.5 Å². The summed E-state index contributed by atoms with van der Waals surface area (Å²) in [6, 6.07) is 0. The highest BCUT2D eigenvalue weighted by molar-refractivity contribution is 4.73. The van der Waals surface area contributed by atoms with Crippen molar-refractivity contribution < 1.29 is 5.11 Å². The summed E-state index contributed by atoms with van der Waals surface area (Å²) in [5, 5.41) is 9.46. The van der Waals surface area contributed by atoms with Gasteiger partial charge in [-0.15, -0.1) is 0 Å². The van der Waals surface area contributed by atoms with Gasteiger partial charge in [0.1, 0.15) is 0 Å². The van der Waals surface area contributed by atoms with Gasteiger partial charge in [0.15, 0.2) is 0 Å².